The smallest absolute Gasteiger partial charge is 0.409 e. The topological polar surface area (TPSA) is 80.2 Å². The van der Waals surface area contributed by atoms with Crippen molar-refractivity contribution < 1.29 is 19.1 Å². The Morgan fingerprint density at radius 2 is 1.96 bits per heavy atom. The van der Waals surface area contributed by atoms with Gasteiger partial charge in [-0.15, -0.1) is 0 Å². The summed E-state index contributed by atoms with van der Waals surface area (Å²) in [6.07, 6.45) is 0.945. The van der Waals surface area contributed by atoms with Gasteiger partial charge in [-0.25, -0.2) is 10.2 Å². The van der Waals surface area contributed by atoms with Crippen LogP contribution >= 0.6 is 0 Å². The molecule has 136 valence electrons. The van der Waals surface area contributed by atoms with Crippen LogP contribution in [0.3, 0.4) is 0 Å². The minimum atomic E-state index is -0.304. The van der Waals surface area contributed by atoms with E-state index in [0.717, 1.165) is 16.8 Å². The minimum Gasteiger partial charge on any atom is -0.483 e. The Hall–Kier alpha value is -2.57. The van der Waals surface area contributed by atoms with Crippen molar-refractivity contribution in [2.24, 2.45) is 5.10 Å². The summed E-state index contributed by atoms with van der Waals surface area (Å²) in [6, 6.07) is 5.86. The van der Waals surface area contributed by atoms with E-state index in [4.69, 9.17) is 9.47 Å². The van der Waals surface area contributed by atoms with E-state index in [0.29, 0.717) is 38.3 Å². The summed E-state index contributed by atoms with van der Waals surface area (Å²) in [4.78, 5) is 25.2. The first kappa shape index (κ1) is 18.8. The van der Waals surface area contributed by atoms with E-state index in [1.807, 2.05) is 32.0 Å². The fourth-order valence-corrected chi connectivity index (χ4v) is 2.45. The van der Waals surface area contributed by atoms with Crippen LogP contribution in [-0.2, 0) is 9.53 Å². The third-order valence-electron chi connectivity index (χ3n) is 3.91. The molecule has 0 saturated carbocycles. The van der Waals surface area contributed by atoms with Gasteiger partial charge in [0.1, 0.15) is 5.75 Å². The SMILES string of the molecule is CCOC(=O)N1CCC(=NNC(=O)COc2cc(C)ccc2C)CC1. The molecule has 0 aliphatic carbocycles. The average molecular weight is 347 g/mol. The molecule has 0 atom stereocenters. The van der Waals surface area contributed by atoms with Crippen molar-refractivity contribution in [1.29, 1.82) is 0 Å². The number of amides is 2. The maximum Gasteiger partial charge on any atom is 0.409 e. The quantitative estimate of drug-likeness (QED) is 0.830. The number of likely N-dealkylation sites (tertiary alicyclic amines) is 1. The molecular weight excluding hydrogens is 322 g/mol. The van der Waals surface area contributed by atoms with Crippen LogP contribution in [0.2, 0.25) is 0 Å². The summed E-state index contributed by atoms with van der Waals surface area (Å²) in [6.45, 7) is 7.07. The summed E-state index contributed by atoms with van der Waals surface area (Å²) in [5, 5.41) is 4.13. The number of hydrazone groups is 1. The Morgan fingerprint density at radius 3 is 2.64 bits per heavy atom. The Bertz CT molecular complexity index is 648. The van der Waals surface area contributed by atoms with Gasteiger partial charge < -0.3 is 14.4 Å². The van der Waals surface area contributed by atoms with Gasteiger partial charge in [-0.05, 0) is 38.0 Å². The van der Waals surface area contributed by atoms with Gasteiger partial charge in [0.15, 0.2) is 6.61 Å². The van der Waals surface area contributed by atoms with E-state index in [1.165, 1.54) is 0 Å². The molecule has 2 rings (SSSR count). The molecule has 1 aliphatic heterocycles. The second kappa shape index (κ2) is 9.05. The van der Waals surface area contributed by atoms with E-state index in [9.17, 15) is 9.59 Å². The molecule has 1 aliphatic rings. The molecule has 1 aromatic rings. The predicted octanol–water partition coefficient (Wildman–Crippen LogP) is 2.41. The minimum absolute atomic E-state index is 0.0873. The van der Waals surface area contributed by atoms with Gasteiger partial charge in [0.25, 0.3) is 5.91 Å². The van der Waals surface area contributed by atoms with Gasteiger partial charge in [-0.1, -0.05) is 12.1 Å². The Labute approximate surface area is 148 Å². The first-order valence-electron chi connectivity index (χ1n) is 8.45. The van der Waals surface area contributed by atoms with Crippen molar-refractivity contribution in [3.63, 3.8) is 0 Å². The molecule has 0 radical (unpaired) electrons. The largest absolute Gasteiger partial charge is 0.483 e. The molecule has 25 heavy (non-hydrogen) atoms. The number of rotatable bonds is 5. The summed E-state index contributed by atoms with van der Waals surface area (Å²) >= 11 is 0. The van der Waals surface area contributed by atoms with Crippen molar-refractivity contribution in [2.45, 2.75) is 33.6 Å². The standard InChI is InChI=1S/C18H25N3O4/c1-4-24-18(23)21-9-7-15(8-10-21)19-20-17(22)12-25-16-11-13(2)5-6-14(16)3/h5-6,11H,4,7-10,12H2,1-3H3,(H,20,22). The highest BCUT2D eigenvalue weighted by molar-refractivity contribution is 5.88. The van der Waals surface area contributed by atoms with Gasteiger partial charge >= 0.3 is 6.09 Å². The Balaban J connectivity index is 1.75. The Kier molecular flexibility index (Phi) is 6.80. The van der Waals surface area contributed by atoms with Gasteiger partial charge in [-0.3, -0.25) is 4.79 Å². The lowest BCUT2D eigenvalue weighted by Gasteiger charge is -2.26. The maximum atomic E-state index is 11.9. The van der Waals surface area contributed by atoms with Crippen LogP contribution in [-0.4, -0.2) is 48.9 Å². The second-order valence-electron chi connectivity index (χ2n) is 5.96. The lowest BCUT2D eigenvalue weighted by atomic mass is 10.1. The molecule has 1 N–H and O–H groups in total. The fourth-order valence-electron chi connectivity index (χ4n) is 2.45. The molecule has 0 aromatic heterocycles. The summed E-state index contributed by atoms with van der Waals surface area (Å²) in [5.41, 5.74) is 5.44. The monoisotopic (exact) mass is 347 g/mol. The number of hydrogen-bond acceptors (Lipinski definition) is 5. The molecule has 0 spiro atoms. The van der Waals surface area contributed by atoms with Crippen LogP contribution < -0.4 is 10.2 Å². The predicted molar refractivity (Wildman–Crippen MR) is 94.8 cm³/mol. The van der Waals surface area contributed by atoms with Gasteiger partial charge in [-0.2, -0.15) is 5.10 Å². The van der Waals surface area contributed by atoms with Crippen LogP contribution in [0.25, 0.3) is 0 Å². The van der Waals surface area contributed by atoms with Crippen LogP contribution in [0.5, 0.6) is 5.75 Å². The number of benzene rings is 1. The van der Waals surface area contributed by atoms with Crippen LogP contribution in [0, 0.1) is 13.8 Å². The first-order valence-corrected chi connectivity index (χ1v) is 8.45. The molecule has 1 saturated heterocycles. The fraction of sp³-hybridized carbons (Fsp3) is 0.500. The molecule has 1 heterocycles. The average Bonchev–Trinajstić information content (AvgIpc) is 2.61. The van der Waals surface area contributed by atoms with E-state index in [-0.39, 0.29) is 18.6 Å². The number of aryl methyl sites for hydroxylation is 2. The lowest BCUT2D eigenvalue weighted by Crippen LogP contribution is -2.39. The molecule has 1 aromatic carbocycles. The van der Waals surface area contributed by atoms with Crippen LogP contribution in [0.4, 0.5) is 4.79 Å². The summed E-state index contributed by atoms with van der Waals surface area (Å²) in [5.74, 6) is 0.395. The highest BCUT2D eigenvalue weighted by Gasteiger charge is 2.20. The van der Waals surface area contributed by atoms with Gasteiger partial charge in [0.2, 0.25) is 0 Å². The zero-order valence-electron chi connectivity index (χ0n) is 15.0. The van der Waals surface area contributed by atoms with E-state index >= 15 is 0 Å². The third-order valence-corrected chi connectivity index (χ3v) is 3.91. The highest BCUT2D eigenvalue weighted by Crippen LogP contribution is 2.18. The summed E-state index contributed by atoms with van der Waals surface area (Å²) < 4.78 is 10.5. The molecule has 2 amide bonds. The van der Waals surface area contributed by atoms with E-state index in [2.05, 4.69) is 10.5 Å². The molecule has 7 nitrogen and oxygen atoms in total. The third kappa shape index (κ3) is 5.77. The molecule has 0 unspecified atom stereocenters. The molecular formula is C18H25N3O4. The number of nitrogens with one attached hydrogen (secondary N) is 1. The number of carbonyl (C=O) groups excluding carboxylic acids is 2. The van der Waals surface area contributed by atoms with E-state index in [1.54, 1.807) is 11.8 Å². The number of ether oxygens (including phenoxy) is 2. The lowest BCUT2D eigenvalue weighted by molar-refractivity contribution is -0.123. The van der Waals surface area contributed by atoms with Crippen LogP contribution in [0.15, 0.2) is 23.3 Å². The zero-order chi connectivity index (χ0) is 18.2. The van der Waals surface area contributed by atoms with Gasteiger partial charge in [0.05, 0.1) is 6.61 Å². The number of piperidine rings is 1. The van der Waals surface area contributed by atoms with Crippen LogP contribution in [0.1, 0.15) is 30.9 Å². The molecule has 1 fully saturated rings. The van der Waals surface area contributed by atoms with Crippen molar-refractivity contribution in [1.82, 2.24) is 10.3 Å². The molecule has 0 bridgehead atoms. The zero-order valence-corrected chi connectivity index (χ0v) is 15.0. The summed E-state index contributed by atoms with van der Waals surface area (Å²) in [7, 11) is 0. The first-order chi connectivity index (χ1) is 12.0. The normalized spacial score (nSPS) is 14.0. The number of hydrogen-bond donors (Lipinski definition) is 1. The number of nitrogens with zero attached hydrogens (tertiary/aromatic N) is 2. The molecule has 7 heteroatoms. The Morgan fingerprint density at radius 1 is 1.24 bits per heavy atom. The highest BCUT2D eigenvalue weighted by atomic mass is 16.6. The van der Waals surface area contributed by atoms with E-state index < -0.39 is 0 Å². The van der Waals surface area contributed by atoms with Crippen molar-refractivity contribution in [3.05, 3.63) is 29.3 Å². The van der Waals surface area contributed by atoms with Crippen molar-refractivity contribution >= 4 is 17.7 Å². The van der Waals surface area contributed by atoms with Crippen molar-refractivity contribution in [2.75, 3.05) is 26.3 Å². The van der Waals surface area contributed by atoms with Gasteiger partial charge in [0, 0.05) is 31.6 Å². The number of carbonyl (C=O) groups is 2. The second-order valence-corrected chi connectivity index (χ2v) is 5.96. The van der Waals surface area contributed by atoms with Crippen molar-refractivity contribution in [3.8, 4) is 5.75 Å². The maximum absolute atomic E-state index is 11.9.